The van der Waals surface area contributed by atoms with Crippen molar-refractivity contribution in [2.75, 3.05) is 0 Å². The summed E-state index contributed by atoms with van der Waals surface area (Å²) in [5, 5.41) is 20.0. The topological polar surface area (TPSA) is 40.5 Å². The highest BCUT2D eigenvalue weighted by molar-refractivity contribution is 4.85. The number of unbranched alkanes of at least 4 members (excludes halogenated alkanes) is 2. The highest BCUT2D eigenvalue weighted by Crippen LogP contribution is 2.26. The van der Waals surface area contributed by atoms with E-state index >= 15 is 0 Å². The molecule has 2 N–H and O–H groups in total. The fourth-order valence-corrected chi connectivity index (χ4v) is 1.88. The number of hydrogen-bond donors (Lipinski definition) is 2. The SMILES string of the molecule is [CH2]CCCCC(O)(CCC)C(O)CC. The van der Waals surface area contributed by atoms with Gasteiger partial charge in [-0.25, -0.2) is 0 Å². The molecule has 14 heavy (non-hydrogen) atoms. The molecule has 2 nitrogen and oxygen atoms in total. The Morgan fingerprint density at radius 2 is 1.86 bits per heavy atom. The van der Waals surface area contributed by atoms with Crippen LogP contribution in [0.1, 0.15) is 58.8 Å². The average molecular weight is 201 g/mol. The summed E-state index contributed by atoms with van der Waals surface area (Å²) in [7, 11) is 0. The van der Waals surface area contributed by atoms with Crippen molar-refractivity contribution in [2.45, 2.75) is 70.5 Å². The summed E-state index contributed by atoms with van der Waals surface area (Å²) in [6.45, 7) is 7.72. The molecular formula is C12H25O2. The van der Waals surface area contributed by atoms with Crippen LogP contribution >= 0.6 is 0 Å². The minimum Gasteiger partial charge on any atom is -0.390 e. The molecule has 0 fully saturated rings. The molecule has 0 heterocycles. The van der Waals surface area contributed by atoms with E-state index in [-0.39, 0.29) is 0 Å². The van der Waals surface area contributed by atoms with Gasteiger partial charge in [-0.05, 0) is 19.3 Å². The summed E-state index contributed by atoms with van der Waals surface area (Å²) in [5.74, 6) is 0. The third kappa shape index (κ3) is 4.43. The van der Waals surface area contributed by atoms with Crippen LogP contribution in [0.15, 0.2) is 0 Å². The maximum Gasteiger partial charge on any atom is 0.0905 e. The van der Waals surface area contributed by atoms with Crippen LogP contribution in [0.5, 0.6) is 0 Å². The first kappa shape index (κ1) is 13.9. The molecule has 0 rings (SSSR count). The van der Waals surface area contributed by atoms with Gasteiger partial charge in [-0.15, -0.1) is 0 Å². The van der Waals surface area contributed by atoms with Crippen LogP contribution in [0.4, 0.5) is 0 Å². The molecule has 0 aliphatic heterocycles. The molecule has 0 aliphatic rings. The maximum absolute atomic E-state index is 10.2. The van der Waals surface area contributed by atoms with Gasteiger partial charge in [-0.3, -0.25) is 0 Å². The fourth-order valence-electron chi connectivity index (χ4n) is 1.88. The number of hydrogen-bond acceptors (Lipinski definition) is 2. The predicted octanol–water partition coefficient (Wildman–Crippen LogP) is 2.68. The summed E-state index contributed by atoms with van der Waals surface area (Å²) in [6.07, 6.45) is 5.25. The molecule has 0 amide bonds. The van der Waals surface area contributed by atoms with Crippen LogP contribution in [-0.4, -0.2) is 21.9 Å². The van der Waals surface area contributed by atoms with Gasteiger partial charge < -0.3 is 10.2 Å². The Kier molecular flexibility index (Phi) is 7.20. The third-order valence-electron chi connectivity index (χ3n) is 2.80. The van der Waals surface area contributed by atoms with E-state index in [1.54, 1.807) is 0 Å². The quantitative estimate of drug-likeness (QED) is 0.593. The normalized spacial score (nSPS) is 17.8. The highest BCUT2D eigenvalue weighted by atomic mass is 16.3. The van der Waals surface area contributed by atoms with Crippen LogP contribution in [-0.2, 0) is 0 Å². The van der Waals surface area contributed by atoms with Gasteiger partial charge in [0.2, 0.25) is 0 Å². The fraction of sp³-hybridized carbons (Fsp3) is 0.917. The second-order valence-electron chi connectivity index (χ2n) is 4.09. The second kappa shape index (κ2) is 7.24. The standard InChI is InChI=1S/C12H25O2/c1-4-7-8-10-12(14,9-5-2)11(13)6-3/h11,13-14H,1,4-10H2,2-3H3. The van der Waals surface area contributed by atoms with Gasteiger partial charge in [0.25, 0.3) is 0 Å². The van der Waals surface area contributed by atoms with E-state index in [1.165, 1.54) is 0 Å². The molecule has 0 aliphatic carbocycles. The lowest BCUT2D eigenvalue weighted by atomic mass is 9.85. The number of aliphatic hydroxyl groups is 2. The summed E-state index contributed by atoms with van der Waals surface area (Å²) in [4.78, 5) is 0. The first-order valence-electron chi connectivity index (χ1n) is 5.80. The minimum atomic E-state index is -0.862. The van der Waals surface area contributed by atoms with E-state index in [0.717, 1.165) is 25.7 Å². The summed E-state index contributed by atoms with van der Waals surface area (Å²) in [5.41, 5.74) is -0.862. The summed E-state index contributed by atoms with van der Waals surface area (Å²) in [6, 6.07) is 0. The Morgan fingerprint density at radius 1 is 1.21 bits per heavy atom. The zero-order chi connectivity index (χ0) is 11.0. The molecule has 0 aromatic carbocycles. The molecule has 0 saturated heterocycles. The van der Waals surface area contributed by atoms with Crippen molar-refractivity contribution < 1.29 is 10.2 Å². The van der Waals surface area contributed by atoms with E-state index < -0.39 is 11.7 Å². The van der Waals surface area contributed by atoms with Crippen molar-refractivity contribution in [3.63, 3.8) is 0 Å². The summed E-state index contributed by atoms with van der Waals surface area (Å²) >= 11 is 0. The van der Waals surface area contributed by atoms with Gasteiger partial charge in [-0.1, -0.05) is 46.5 Å². The zero-order valence-corrected chi connectivity index (χ0v) is 9.63. The Hall–Kier alpha value is -0.0800. The van der Waals surface area contributed by atoms with Crippen LogP contribution < -0.4 is 0 Å². The van der Waals surface area contributed by atoms with Gasteiger partial charge in [0, 0.05) is 0 Å². The first-order chi connectivity index (χ1) is 6.60. The van der Waals surface area contributed by atoms with Crippen molar-refractivity contribution in [1.29, 1.82) is 0 Å². The molecule has 1 radical (unpaired) electrons. The van der Waals surface area contributed by atoms with Crippen LogP contribution in [0.25, 0.3) is 0 Å². The smallest absolute Gasteiger partial charge is 0.0905 e. The van der Waals surface area contributed by atoms with Gasteiger partial charge >= 0.3 is 0 Å². The van der Waals surface area contributed by atoms with E-state index in [0.29, 0.717) is 19.3 Å². The van der Waals surface area contributed by atoms with Gasteiger partial charge in [0.05, 0.1) is 11.7 Å². The zero-order valence-electron chi connectivity index (χ0n) is 9.63. The van der Waals surface area contributed by atoms with Gasteiger partial charge in [0.15, 0.2) is 0 Å². The Balaban J connectivity index is 4.08. The van der Waals surface area contributed by atoms with Gasteiger partial charge in [0.1, 0.15) is 0 Å². The van der Waals surface area contributed by atoms with Crippen LogP contribution in [0.2, 0.25) is 0 Å². The van der Waals surface area contributed by atoms with E-state index in [9.17, 15) is 10.2 Å². The largest absolute Gasteiger partial charge is 0.390 e. The Bertz CT molecular complexity index is 136. The molecule has 0 bridgehead atoms. The monoisotopic (exact) mass is 201 g/mol. The highest BCUT2D eigenvalue weighted by Gasteiger charge is 2.32. The summed E-state index contributed by atoms with van der Waals surface area (Å²) < 4.78 is 0. The molecule has 0 aromatic rings. The van der Waals surface area contributed by atoms with E-state index in [1.807, 2.05) is 13.8 Å². The molecule has 0 aromatic heterocycles. The third-order valence-corrected chi connectivity index (χ3v) is 2.80. The van der Waals surface area contributed by atoms with Crippen LogP contribution in [0, 0.1) is 6.92 Å². The van der Waals surface area contributed by atoms with Crippen molar-refractivity contribution in [1.82, 2.24) is 0 Å². The molecule has 85 valence electrons. The Morgan fingerprint density at radius 3 is 2.29 bits per heavy atom. The van der Waals surface area contributed by atoms with E-state index in [2.05, 4.69) is 6.92 Å². The van der Waals surface area contributed by atoms with Crippen molar-refractivity contribution in [3.8, 4) is 0 Å². The molecule has 0 saturated carbocycles. The molecule has 2 heteroatoms. The van der Waals surface area contributed by atoms with Crippen LogP contribution in [0.3, 0.4) is 0 Å². The lowest BCUT2D eigenvalue weighted by Crippen LogP contribution is -2.41. The molecule has 2 unspecified atom stereocenters. The lowest BCUT2D eigenvalue weighted by Gasteiger charge is -2.32. The van der Waals surface area contributed by atoms with Crippen molar-refractivity contribution in [3.05, 3.63) is 6.92 Å². The first-order valence-corrected chi connectivity index (χ1v) is 5.80. The lowest BCUT2D eigenvalue weighted by molar-refractivity contribution is -0.0883. The van der Waals surface area contributed by atoms with Crippen molar-refractivity contribution >= 4 is 0 Å². The Labute approximate surface area is 88.3 Å². The second-order valence-corrected chi connectivity index (χ2v) is 4.09. The number of rotatable bonds is 8. The van der Waals surface area contributed by atoms with E-state index in [4.69, 9.17) is 0 Å². The molecule has 2 atom stereocenters. The predicted molar refractivity (Wildman–Crippen MR) is 60.0 cm³/mol. The van der Waals surface area contributed by atoms with Gasteiger partial charge in [-0.2, -0.15) is 0 Å². The van der Waals surface area contributed by atoms with Crippen molar-refractivity contribution in [2.24, 2.45) is 0 Å². The minimum absolute atomic E-state index is 0.577. The number of aliphatic hydroxyl groups excluding tert-OH is 1. The molecular weight excluding hydrogens is 176 g/mol. The average Bonchev–Trinajstić information content (AvgIpc) is 2.17. The maximum atomic E-state index is 10.2. The molecule has 0 spiro atoms.